The molecule has 9 atom stereocenters. The van der Waals surface area contributed by atoms with Crippen molar-refractivity contribution in [1.82, 2.24) is 0 Å². The number of hydrogen-bond donors (Lipinski definition) is 3. The smallest absolute Gasteiger partial charge is 0.111 e. The van der Waals surface area contributed by atoms with Gasteiger partial charge in [-0.1, -0.05) is 38.2 Å². The van der Waals surface area contributed by atoms with Crippen molar-refractivity contribution in [3.63, 3.8) is 0 Å². The lowest BCUT2D eigenvalue weighted by molar-refractivity contribution is 0.0847. The number of rotatable bonds is 5. The predicted octanol–water partition coefficient (Wildman–Crippen LogP) is 4.30. The predicted molar refractivity (Wildman–Crippen MR) is 121 cm³/mol. The van der Waals surface area contributed by atoms with Gasteiger partial charge in [0.25, 0.3) is 0 Å². The van der Waals surface area contributed by atoms with E-state index in [0.29, 0.717) is 41.9 Å². The summed E-state index contributed by atoms with van der Waals surface area (Å²) in [7, 11) is 0. The molecule has 1 heterocycles. The van der Waals surface area contributed by atoms with E-state index in [0.717, 1.165) is 30.4 Å². The highest BCUT2D eigenvalue weighted by molar-refractivity contribution is 5.38. The van der Waals surface area contributed by atoms with Crippen LogP contribution in [0.5, 0.6) is 0 Å². The van der Waals surface area contributed by atoms with Crippen LogP contribution in [0.1, 0.15) is 71.6 Å². The highest BCUT2D eigenvalue weighted by Crippen LogP contribution is 2.61. The number of aliphatic hydroxyl groups excluding tert-OH is 3. The maximum Gasteiger partial charge on any atom is 0.111 e. The molecule has 0 amide bonds. The molecule has 0 radical (unpaired) electrons. The largest absolute Gasteiger partial charge is 0.393 e. The molecule has 5 rings (SSSR count). The molecule has 4 saturated carbocycles. The SMILES string of the molecule is C=C1/C(=C\C=C2/CCC[C@@]3(C)C2CC[C@@H]3C(C)C2OC2C(O)C2CC2)C[C@@H](O)C[C@@H]1O. The van der Waals surface area contributed by atoms with Gasteiger partial charge in [-0.05, 0) is 91.6 Å². The van der Waals surface area contributed by atoms with E-state index in [9.17, 15) is 15.3 Å². The molecule has 0 aromatic heterocycles. The quantitative estimate of drug-likeness (QED) is 0.571. The van der Waals surface area contributed by atoms with Crippen LogP contribution in [0.3, 0.4) is 0 Å². The normalized spacial score (nSPS) is 47.5. The maximum atomic E-state index is 10.5. The van der Waals surface area contributed by atoms with Crippen molar-refractivity contribution in [2.45, 2.75) is 102 Å². The Bertz CT molecular complexity index is 780. The Balaban J connectivity index is 1.30. The molecule has 3 N–H and O–H groups in total. The first-order valence-electron chi connectivity index (χ1n) is 12.6. The summed E-state index contributed by atoms with van der Waals surface area (Å²) in [5, 5.41) is 30.7. The molecular weight excluding hydrogens is 388 g/mol. The van der Waals surface area contributed by atoms with E-state index < -0.39 is 12.2 Å². The number of allylic oxidation sites excluding steroid dienone is 3. The van der Waals surface area contributed by atoms with Crippen molar-refractivity contribution >= 4 is 0 Å². The van der Waals surface area contributed by atoms with Gasteiger partial charge in [-0.25, -0.2) is 0 Å². The zero-order valence-electron chi connectivity index (χ0n) is 19.2. The molecule has 0 spiro atoms. The molecule has 1 aliphatic heterocycles. The molecule has 1 saturated heterocycles. The topological polar surface area (TPSA) is 73.2 Å². The third-order valence-electron chi connectivity index (χ3n) is 9.46. The average molecular weight is 429 g/mol. The summed E-state index contributed by atoms with van der Waals surface area (Å²) in [6.45, 7) is 8.91. The second kappa shape index (κ2) is 8.13. The van der Waals surface area contributed by atoms with Gasteiger partial charge in [-0.2, -0.15) is 0 Å². The Morgan fingerprint density at radius 3 is 2.65 bits per heavy atom. The van der Waals surface area contributed by atoms with E-state index in [2.05, 4.69) is 32.6 Å². The van der Waals surface area contributed by atoms with Crippen LogP contribution in [0.2, 0.25) is 0 Å². The van der Waals surface area contributed by atoms with Crippen LogP contribution in [0.15, 0.2) is 35.5 Å². The van der Waals surface area contributed by atoms with Crippen molar-refractivity contribution < 1.29 is 20.1 Å². The Kier molecular flexibility index (Phi) is 5.74. The van der Waals surface area contributed by atoms with Crippen molar-refractivity contribution in [2.24, 2.45) is 29.1 Å². The highest BCUT2D eigenvalue weighted by Gasteiger charge is 2.58. The van der Waals surface area contributed by atoms with E-state index in [4.69, 9.17) is 4.74 Å². The first-order valence-corrected chi connectivity index (χ1v) is 12.6. The van der Waals surface area contributed by atoms with Crippen LogP contribution < -0.4 is 0 Å². The van der Waals surface area contributed by atoms with Gasteiger partial charge in [0, 0.05) is 6.42 Å². The number of hydrogen-bond acceptors (Lipinski definition) is 4. The first kappa shape index (κ1) is 21.9. The van der Waals surface area contributed by atoms with E-state index >= 15 is 0 Å². The number of fused-ring (bicyclic) bond motifs is 1. The molecule has 5 aliphatic rings. The van der Waals surface area contributed by atoms with Gasteiger partial charge < -0.3 is 20.1 Å². The summed E-state index contributed by atoms with van der Waals surface area (Å²) in [6.07, 6.45) is 12.8. The number of ether oxygens (including phenoxy) is 1. The Labute approximate surface area is 187 Å². The zero-order chi connectivity index (χ0) is 21.9. The molecular formula is C27H40O4. The van der Waals surface area contributed by atoms with Crippen molar-refractivity contribution in [3.8, 4) is 0 Å². The minimum Gasteiger partial charge on any atom is -0.393 e. The summed E-state index contributed by atoms with van der Waals surface area (Å²) in [5.74, 6) is 2.22. The van der Waals surface area contributed by atoms with Gasteiger partial charge in [0.15, 0.2) is 0 Å². The molecule has 0 aromatic carbocycles. The number of epoxide rings is 1. The van der Waals surface area contributed by atoms with Gasteiger partial charge in [0.05, 0.1) is 24.4 Å². The number of aliphatic hydroxyl groups is 3. The molecule has 5 unspecified atom stereocenters. The van der Waals surface area contributed by atoms with Crippen molar-refractivity contribution in [2.75, 3.05) is 0 Å². The Morgan fingerprint density at radius 1 is 1.13 bits per heavy atom. The van der Waals surface area contributed by atoms with Crippen LogP contribution in [0.4, 0.5) is 0 Å². The van der Waals surface area contributed by atoms with Crippen LogP contribution in [0.25, 0.3) is 0 Å². The van der Waals surface area contributed by atoms with E-state index in [1.807, 2.05) is 0 Å². The summed E-state index contributed by atoms with van der Waals surface area (Å²) in [4.78, 5) is 0. The third kappa shape index (κ3) is 3.99. The lowest BCUT2D eigenvalue weighted by Gasteiger charge is -2.44. The average Bonchev–Trinajstić information content (AvgIpc) is 3.64. The second-order valence-electron chi connectivity index (χ2n) is 11.4. The molecule has 172 valence electrons. The summed E-state index contributed by atoms with van der Waals surface area (Å²) < 4.78 is 6.03. The fourth-order valence-electron chi connectivity index (χ4n) is 7.38. The van der Waals surface area contributed by atoms with Gasteiger partial charge >= 0.3 is 0 Å². The fourth-order valence-corrected chi connectivity index (χ4v) is 7.38. The molecule has 4 nitrogen and oxygen atoms in total. The zero-order valence-corrected chi connectivity index (χ0v) is 19.2. The van der Waals surface area contributed by atoms with Crippen molar-refractivity contribution in [1.29, 1.82) is 0 Å². The Morgan fingerprint density at radius 2 is 1.90 bits per heavy atom. The van der Waals surface area contributed by atoms with Crippen LogP contribution in [0, 0.1) is 29.1 Å². The van der Waals surface area contributed by atoms with Gasteiger partial charge in [0.1, 0.15) is 6.10 Å². The lowest BCUT2D eigenvalue weighted by atomic mass is 9.60. The molecule has 4 aliphatic carbocycles. The fraction of sp³-hybridized carbons (Fsp3) is 0.778. The molecule has 31 heavy (non-hydrogen) atoms. The lowest BCUT2D eigenvalue weighted by Crippen LogP contribution is -2.38. The summed E-state index contributed by atoms with van der Waals surface area (Å²) in [5.41, 5.74) is 3.60. The van der Waals surface area contributed by atoms with Gasteiger partial charge in [-0.15, -0.1) is 0 Å². The maximum absolute atomic E-state index is 10.5. The van der Waals surface area contributed by atoms with Gasteiger partial charge in [0.2, 0.25) is 0 Å². The first-order chi connectivity index (χ1) is 14.8. The highest BCUT2D eigenvalue weighted by atomic mass is 16.6. The minimum absolute atomic E-state index is 0.0728. The van der Waals surface area contributed by atoms with E-state index in [-0.39, 0.29) is 18.3 Å². The summed E-state index contributed by atoms with van der Waals surface area (Å²) >= 11 is 0. The standard InChI is InChI=1S/C27H40O4/c1-15-19(13-20(28)14-23(15)29)9-6-17-5-4-12-27(3)21(10-11-22(17)27)16(2)25-26(31-25)24(30)18-7-8-18/h6,9,16,18,20-26,28-30H,1,4-5,7-8,10-14H2,2-3H3/b17-6+,19-9-/t16?,20-,21-,22?,23+,24?,25?,26?,27-/m1/s1. The monoisotopic (exact) mass is 428 g/mol. The molecule has 0 bridgehead atoms. The summed E-state index contributed by atoms with van der Waals surface area (Å²) in [6, 6.07) is 0. The van der Waals surface area contributed by atoms with Crippen molar-refractivity contribution in [3.05, 3.63) is 35.5 Å². The van der Waals surface area contributed by atoms with Crippen LogP contribution >= 0.6 is 0 Å². The van der Waals surface area contributed by atoms with Crippen LogP contribution in [-0.4, -0.2) is 45.8 Å². The molecule has 4 heteroatoms. The molecule has 5 fully saturated rings. The van der Waals surface area contributed by atoms with Gasteiger partial charge in [-0.3, -0.25) is 0 Å². The van der Waals surface area contributed by atoms with Crippen LogP contribution in [-0.2, 0) is 4.74 Å². The Hall–Kier alpha value is -0.940. The minimum atomic E-state index is -0.626. The second-order valence-corrected chi connectivity index (χ2v) is 11.4. The van der Waals surface area contributed by atoms with E-state index in [1.165, 1.54) is 31.3 Å². The van der Waals surface area contributed by atoms with E-state index in [1.54, 1.807) is 0 Å². The third-order valence-corrected chi connectivity index (χ3v) is 9.46. The molecule has 0 aromatic rings.